The van der Waals surface area contributed by atoms with Crippen LogP contribution < -0.4 is 5.32 Å². The van der Waals surface area contributed by atoms with E-state index >= 15 is 0 Å². The summed E-state index contributed by atoms with van der Waals surface area (Å²) < 4.78 is 4.94. The molecule has 2 fully saturated rings. The van der Waals surface area contributed by atoms with Crippen molar-refractivity contribution >= 4 is 17.7 Å². The Morgan fingerprint density at radius 3 is 2.62 bits per heavy atom. The van der Waals surface area contributed by atoms with Gasteiger partial charge in [-0.1, -0.05) is 19.8 Å². The standard InChI is InChI=1S/C16H24N2O6/c1-10-6-14(19)12(13(10)8-18(22)23)7-16(21)24-9-15(20)17-11-4-2-3-5-11/h10-13H,2-9H2,1H3,(H,17,20)/t10-,12+,13+/m0/s1. The highest BCUT2D eigenvalue weighted by Crippen LogP contribution is 2.36. The van der Waals surface area contributed by atoms with Crippen LogP contribution in [0.4, 0.5) is 0 Å². The molecule has 1 amide bonds. The number of nitrogens with zero attached hydrogens (tertiary/aromatic N) is 1. The van der Waals surface area contributed by atoms with Crippen LogP contribution in [0.5, 0.6) is 0 Å². The van der Waals surface area contributed by atoms with Crippen molar-refractivity contribution in [2.45, 2.75) is 51.5 Å². The average Bonchev–Trinajstić information content (AvgIpc) is 3.08. The Morgan fingerprint density at radius 2 is 2.00 bits per heavy atom. The Hall–Kier alpha value is -1.99. The zero-order valence-corrected chi connectivity index (χ0v) is 13.9. The van der Waals surface area contributed by atoms with Crippen LogP contribution in [0.15, 0.2) is 0 Å². The molecule has 0 radical (unpaired) electrons. The van der Waals surface area contributed by atoms with Gasteiger partial charge >= 0.3 is 5.97 Å². The number of Topliss-reactive ketones (excluding diaryl/α,β-unsaturated/α-hetero) is 1. The zero-order valence-electron chi connectivity index (χ0n) is 13.9. The fourth-order valence-corrected chi connectivity index (χ4v) is 3.72. The minimum atomic E-state index is -0.684. The highest BCUT2D eigenvalue weighted by atomic mass is 16.6. The quantitative estimate of drug-likeness (QED) is 0.421. The lowest BCUT2D eigenvalue weighted by atomic mass is 9.88. The number of nitrogens with one attached hydrogen (secondary N) is 1. The van der Waals surface area contributed by atoms with Crippen LogP contribution in [0.1, 0.15) is 45.4 Å². The zero-order chi connectivity index (χ0) is 17.7. The molecule has 0 bridgehead atoms. The number of carbonyl (C=O) groups excluding carboxylic acids is 3. The predicted molar refractivity (Wildman–Crippen MR) is 83.6 cm³/mol. The monoisotopic (exact) mass is 340 g/mol. The molecule has 0 aromatic rings. The molecule has 1 N–H and O–H groups in total. The van der Waals surface area contributed by atoms with Crippen LogP contribution >= 0.6 is 0 Å². The van der Waals surface area contributed by atoms with Crippen LogP contribution in [0, 0.1) is 27.9 Å². The van der Waals surface area contributed by atoms with Crippen molar-refractivity contribution < 1.29 is 24.0 Å². The van der Waals surface area contributed by atoms with Crippen LogP contribution in [0.3, 0.4) is 0 Å². The van der Waals surface area contributed by atoms with Crippen molar-refractivity contribution in [1.29, 1.82) is 0 Å². The van der Waals surface area contributed by atoms with Gasteiger partial charge in [0.05, 0.1) is 6.42 Å². The van der Waals surface area contributed by atoms with E-state index in [1.165, 1.54) is 0 Å². The number of amides is 1. The first-order valence-electron chi connectivity index (χ1n) is 8.46. The predicted octanol–water partition coefficient (Wildman–Crippen LogP) is 1.10. The second kappa shape index (κ2) is 8.21. The Kier molecular flexibility index (Phi) is 6.28. The van der Waals surface area contributed by atoms with Crippen LogP contribution in [-0.2, 0) is 19.1 Å². The van der Waals surface area contributed by atoms with Gasteiger partial charge < -0.3 is 10.1 Å². The number of rotatable bonds is 7. The van der Waals surface area contributed by atoms with Crippen LogP contribution in [0.25, 0.3) is 0 Å². The number of hydrogen-bond acceptors (Lipinski definition) is 6. The third-order valence-electron chi connectivity index (χ3n) is 5.02. The van der Waals surface area contributed by atoms with Crippen molar-refractivity contribution in [3.8, 4) is 0 Å². The number of nitro groups is 1. The van der Waals surface area contributed by atoms with Gasteiger partial charge in [-0.2, -0.15) is 0 Å². The molecule has 0 aromatic heterocycles. The van der Waals surface area contributed by atoms with Gasteiger partial charge in [0.15, 0.2) is 6.61 Å². The highest BCUT2D eigenvalue weighted by molar-refractivity contribution is 5.88. The fourth-order valence-electron chi connectivity index (χ4n) is 3.72. The molecule has 0 spiro atoms. The van der Waals surface area contributed by atoms with Gasteiger partial charge in [0.2, 0.25) is 6.54 Å². The number of esters is 1. The molecule has 2 saturated carbocycles. The van der Waals surface area contributed by atoms with E-state index in [2.05, 4.69) is 5.32 Å². The molecule has 0 unspecified atom stereocenters. The lowest BCUT2D eigenvalue weighted by molar-refractivity contribution is -0.490. The number of hydrogen-bond donors (Lipinski definition) is 1. The first-order valence-corrected chi connectivity index (χ1v) is 8.46. The summed E-state index contributed by atoms with van der Waals surface area (Å²) in [6.45, 7) is 1.09. The molecule has 3 atom stereocenters. The van der Waals surface area contributed by atoms with Crippen molar-refractivity contribution in [2.24, 2.45) is 17.8 Å². The summed E-state index contributed by atoms with van der Waals surface area (Å²) in [6.07, 6.45) is 4.11. The van der Waals surface area contributed by atoms with E-state index in [4.69, 9.17) is 4.74 Å². The van der Waals surface area contributed by atoms with E-state index in [-0.39, 0.29) is 49.6 Å². The van der Waals surface area contributed by atoms with Gasteiger partial charge in [-0.3, -0.25) is 24.5 Å². The van der Waals surface area contributed by atoms with Gasteiger partial charge in [0.1, 0.15) is 5.78 Å². The topological polar surface area (TPSA) is 116 Å². The molecular formula is C16H24N2O6. The summed E-state index contributed by atoms with van der Waals surface area (Å²) in [5, 5.41) is 13.5. The molecule has 0 saturated heterocycles. The summed E-state index contributed by atoms with van der Waals surface area (Å²) >= 11 is 0. The first-order chi connectivity index (χ1) is 11.4. The minimum absolute atomic E-state index is 0.119. The van der Waals surface area contributed by atoms with E-state index in [9.17, 15) is 24.5 Å². The summed E-state index contributed by atoms with van der Waals surface area (Å²) in [6, 6.07) is 0.151. The number of ketones is 1. The van der Waals surface area contributed by atoms with Gasteiger partial charge in [-0.05, 0) is 18.8 Å². The summed E-state index contributed by atoms with van der Waals surface area (Å²) in [5.74, 6) is -2.39. The highest BCUT2D eigenvalue weighted by Gasteiger charge is 2.44. The average molecular weight is 340 g/mol. The summed E-state index contributed by atoms with van der Waals surface area (Å²) in [7, 11) is 0. The molecular weight excluding hydrogens is 316 g/mol. The molecule has 2 aliphatic carbocycles. The van der Waals surface area contributed by atoms with E-state index < -0.39 is 22.7 Å². The Morgan fingerprint density at radius 1 is 1.33 bits per heavy atom. The minimum Gasteiger partial charge on any atom is -0.456 e. The van der Waals surface area contributed by atoms with E-state index in [0.29, 0.717) is 0 Å². The summed E-state index contributed by atoms with van der Waals surface area (Å²) in [4.78, 5) is 45.9. The van der Waals surface area contributed by atoms with Crippen LogP contribution in [0.2, 0.25) is 0 Å². The second-order valence-electron chi connectivity index (χ2n) is 6.85. The normalized spacial score (nSPS) is 27.2. The fraction of sp³-hybridized carbons (Fsp3) is 0.812. The Labute approximate surface area is 140 Å². The lowest BCUT2D eigenvalue weighted by Gasteiger charge is -2.17. The molecule has 2 aliphatic rings. The molecule has 134 valence electrons. The van der Waals surface area contributed by atoms with Gasteiger partial charge in [-0.25, -0.2) is 0 Å². The first kappa shape index (κ1) is 18.4. The maximum absolute atomic E-state index is 12.0. The van der Waals surface area contributed by atoms with Gasteiger partial charge in [0.25, 0.3) is 5.91 Å². The smallest absolute Gasteiger partial charge is 0.307 e. The molecule has 0 heterocycles. The molecule has 24 heavy (non-hydrogen) atoms. The SMILES string of the molecule is C[C@H]1CC(=O)[C@H](CC(=O)OCC(=O)NC2CCCC2)[C@@H]1C[N+](=O)[O-]. The van der Waals surface area contributed by atoms with E-state index in [1.54, 1.807) is 6.92 Å². The molecule has 8 nitrogen and oxygen atoms in total. The van der Waals surface area contributed by atoms with Crippen molar-refractivity contribution in [2.75, 3.05) is 13.2 Å². The number of ether oxygens (including phenoxy) is 1. The van der Waals surface area contributed by atoms with E-state index in [1.807, 2.05) is 0 Å². The molecule has 0 aromatic carbocycles. The number of carbonyl (C=O) groups is 3. The molecule has 8 heteroatoms. The van der Waals surface area contributed by atoms with Gasteiger partial charge in [0, 0.05) is 29.2 Å². The van der Waals surface area contributed by atoms with Gasteiger partial charge in [-0.15, -0.1) is 0 Å². The Bertz CT molecular complexity index is 515. The van der Waals surface area contributed by atoms with Crippen LogP contribution in [-0.4, -0.2) is 41.8 Å². The largest absolute Gasteiger partial charge is 0.456 e. The van der Waals surface area contributed by atoms with Crippen molar-refractivity contribution in [3.63, 3.8) is 0 Å². The third kappa shape index (κ3) is 5.01. The molecule has 0 aliphatic heterocycles. The summed E-state index contributed by atoms with van der Waals surface area (Å²) in [5.41, 5.74) is 0. The second-order valence-corrected chi connectivity index (χ2v) is 6.85. The Balaban J connectivity index is 1.78. The van der Waals surface area contributed by atoms with Crippen molar-refractivity contribution in [3.05, 3.63) is 10.1 Å². The molecule has 2 rings (SSSR count). The lowest BCUT2D eigenvalue weighted by Crippen LogP contribution is -2.36. The van der Waals surface area contributed by atoms with Crippen molar-refractivity contribution in [1.82, 2.24) is 5.32 Å². The third-order valence-corrected chi connectivity index (χ3v) is 5.02. The maximum Gasteiger partial charge on any atom is 0.307 e. The maximum atomic E-state index is 12.0. The van der Waals surface area contributed by atoms with E-state index in [0.717, 1.165) is 25.7 Å².